The lowest BCUT2D eigenvalue weighted by Crippen LogP contribution is -2.39. The Morgan fingerprint density at radius 3 is 2.62 bits per heavy atom. The van der Waals surface area contributed by atoms with E-state index < -0.39 is 6.10 Å². The van der Waals surface area contributed by atoms with Gasteiger partial charge in [-0.2, -0.15) is 10.4 Å². The Morgan fingerprint density at radius 1 is 1.28 bits per heavy atom. The van der Waals surface area contributed by atoms with Crippen molar-refractivity contribution in [2.75, 3.05) is 13.1 Å². The van der Waals surface area contributed by atoms with E-state index in [1.807, 2.05) is 53.8 Å². The van der Waals surface area contributed by atoms with Gasteiger partial charge in [0.2, 0.25) is 5.91 Å². The van der Waals surface area contributed by atoms with Crippen LogP contribution in [-0.4, -0.2) is 38.8 Å². The molecule has 6 heteroatoms. The van der Waals surface area contributed by atoms with Crippen LogP contribution >= 0.6 is 0 Å². The molecule has 1 N–H and O–H groups in total. The fourth-order valence-corrected chi connectivity index (χ4v) is 4.25. The summed E-state index contributed by atoms with van der Waals surface area (Å²) >= 11 is 0. The molecule has 1 aromatic carbocycles. The van der Waals surface area contributed by atoms with E-state index in [4.69, 9.17) is 5.26 Å². The third kappa shape index (κ3) is 5.04. The molecule has 0 saturated carbocycles. The number of likely N-dealkylation sites (tertiary alicyclic amines) is 1. The zero-order chi connectivity index (χ0) is 20.8. The summed E-state index contributed by atoms with van der Waals surface area (Å²) in [5, 5.41) is 23.9. The summed E-state index contributed by atoms with van der Waals surface area (Å²) in [6.07, 6.45) is 2.77. The Hall–Kier alpha value is -2.65. The minimum Gasteiger partial charge on any atom is -0.388 e. The molecule has 29 heavy (non-hydrogen) atoms. The van der Waals surface area contributed by atoms with Crippen molar-refractivity contribution in [2.45, 2.75) is 58.6 Å². The standard InChI is InChI=1S/C23H30N4O2/c1-17-21(18(2)27(25-17)14-6-13-24)9-10-22(28)26-15-11-20(12-16-26)23(29)19-7-4-3-5-8-19/h3-5,7-8,20,23,29H,6,9-12,14-16H2,1-2H3. The number of aliphatic hydroxyl groups is 1. The number of aromatic nitrogens is 2. The Kier molecular flexibility index (Phi) is 7.05. The fourth-order valence-electron chi connectivity index (χ4n) is 4.25. The summed E-state index contributed by atoms with van der Waals surface area (Å²) < 4.78 is 1.87. The number of carbonyl (C=O) groups is 1. The molecule has 1 aromatic heterocycles. The van der Waals surface area contributed by atoms with Gasteiger partial charge in [0.1, 0.15) is 0 Å². The molecule has 3 rings (SSSR count). The maximum Gasteiger partial charge on any atom is 0.222 e. The van der Waals surface area contributed by atoms with Crippen molar-refractivity contribution in [3.63, 3.8) is 0 Å². The van der Waals surface area contributed by atoms with E-state index in [0.717, 1.165) is 35.4 Å². The van der Waals surface area contributed by atoms with Gasteiger partial charge in [-0.1, -0.05) is 30.3 Å². The van der Waals surface area contributed by atoms with Crippen LogP contribution in [0.25, 0.3) is 0 Å². The minimum absolute atomic E-state index is 0.168. The van der Waals surface area contributed by atoms with Crippen molar-refractivity contribution >= 4 is 5.91 Å². The second-order valence-electron chi connectivity index (χ2n) is 7.85. The summed E-state index contributed by atoms with van der Waals surface area (Å²) in [7, 11) is 0. The molecule has 1 aliphatic heterocycles. The SMILES string of the molecule is Cc1nn(CCC#N)c(C)c1CCC(=O)N1CCC(C(O)c2ccccc2)CC1. The van der Waals surface area contributed by atoms with Gasteiger partial charge >= 0.3 is 0 Å². The number of nitrogens with zero attached hydrogens (tertiary/aromatic N) is 4. The molecule has 1 saturated heterocycles. The average Bonchev–Trinajstić information content (AvgIpc) is 3.03. The summed E-state index contributed by atoms with van der Waals surface area (Å²) in [6.45, 7) is 5.97. The highest BCUT2D eigenvalue weighted by Crippen LogP contribution is 2.31. The summed E-state index contributed by atoms with van der Waals surface area (Å²) in [5.74, 6) is 0.366. The van der Waals surface area contributed by atoms with E-state index in [1.165, 1.54) is 0 Å². The molecule has 0 radical (unpaired) electrons. The average molecular weight is 395 g/mol. The highest BCUT2D eigenvalue weighted by molar-refractivity contribution is 5.76. The summed E-state index contributed by atoms with van der Waals surface area (Å²) in [4.78, 5) is 14.6. The molecule has 0 aliphatic carbocycles. The number of aliphatic hydroxyl groups excluding tert-OH is 1. The first kappa shape index (κ1) is 21.1. The lowest BCUT2D eigenvalue weighted by Gasteiger charge is -2.34. The Bertz CT molecular complexity index is 861. The number of hydrogen-bond donors (Lipinski definition) is 1. The largest absolute Gasteiger partial charge is 0.388 e. The first-order valence-electron chi connectivity index (χ1n) is 10.4. The van der Waals surface area contributed by atoms with E-state index in [9.17, 15) is 9.90 Å². The van der Waals surface area contributed by atoms with E-state index in [1.54, 1.807) is 0 Å². The number of carbonyl (C=O) groups excluding carboxylic acids is 1. The topological polar surface area (TPSA) is 82.2 Å². The molecular formula is C23H30N4O2. The lowest BCUT2D eigenvalue weighted by atomic mass is 9.87. The molecule has 6 nitrogen and oxygen atoms in total. The third-order valence-corrected chi connectivity index (χ3v) is 6.04. The molecule has 1 unspecified atom stereocenters. The second-order valence-corrected chi connectivity index (χ2v) is 7.85. The molecule has 2 aromatic rings. The van der Waals surface area contributed by atoms with Crippen molar-refractivity contribution in [1.82, 2.24) is 14.7 Å². The number of nitriles is 1. The van der Waals surface area contributed by atoms with Crippen molar-refractivity contribution in [1.29, 1.82) is 5.26 Å². The Morgan fingerprint density at radius 2 is 1.97 bits per heavy atom. The third-order valence-electron chi connectivity index (χ3n) is 6.04. The zero-order valence-electron chi connectivity index (χ0n) is 17.3. The quantitative estimate of drug-likeness (QED) is 0.781. The van der Waals surface area contributed by atoms with Crippen molar-refractivity contribution < 1.29 is 9.90 Å². The maximum absolute atomic E-state index is 12.7. The van der Waals surface area contributed by atoms with Gasteiger partial charge in [0, 0.05) is 25.2 Å². The van der Waals surface area contributed by atoms with Gasteiger partial charge in [-0.25, -0.2) is 0 Å². The van der Waals surface area contributed by atoms with Crippen LogP contribution in [0.2, 0.25) is 0 Å². The van der Waals surface area contributed by atoms with Crippen molar-refractivity contribution in [2.24, 2.45) is 5.92 Å². The zero-order valence-corrected chi connectivity index (χ0v) is 17.3. The van der Waals surface area contributed by atoms with E-state index >= 15 is 0 Å². The molecule has 0 bridgehead atoms. The van der Waals surface area contributed by atoms with Crippen LogP contribution in [0, 0.1) is 31.1 Å². The molecule has 1 aliphatic rings. The first-order chi connectivity index (χ1) is 14.0. The molecule has 154 valence electrons. The van der Waals surface area contributed by atoms with Crippen LogP contribution in [0.5, 0.6) is 0 Å². The lowest BCUT2D eigenvalue weighted by molar-refractivity contribution is -0.133. The van der Waals surface area contributed by atoms with Crippen LogP contribution in [0.3, 0.4) is 0 Å². The molecule has 1 atom stereocenters. The molecular weight excluding hydrogens is 364 g/mol. The smallest absolute Gasteiger partial charge is 0.222 e. The fraction of sp³-hybridized carbons (Fsp3) is 0.522. The van der Waals surface area contributed by atoms with Crippen LogP contribution in [0.4, 0.5) is 0 Å². The van der Waals surface area contributed by atoms with E-state index in [0.29, 0.717) is 38.9 Å². The van der Waals surface area contributed by atoms with Crippen LogP contribution in [0.1, 0.15) is 54.3 Å². The molecule has 1 fully saturated rings. The van der Waals surface area contributed by atoms with Gasteiger partial charge in [-0.15, -0.1) is 0 Å². The first-order valence-corrected chi connectivity index (χ1v) is 10.4. The number of rotatable bonds is 7. The number of aryl methyl sites for hydroxylation is 2. The second kappa shape index (κ2) is 9.71. The predicted molar refractivity (Wildman–Crippen MR) is 111 cm³/mol. The normalized spacial score (nSPS) is 15.9. The van der Waals surface area contributed by atoms with Gasteiger partial charge < -0.3 is 10.0 Å². The highest BCUT2D eigenvalue weighted by atomic mass is 16.3. The minimum atomic E-state index is -0.460. The Labute approximate surface area is 172 Å². The van der Waals surface area contributed by atoms with Crippen LogP contribution < -0.4 is 0 Å². The van der Waals surface area contributed by atoms with Gasteiger partial charge in [-0.05, 0) is 50.2 Å². The summed E-state index contributed by atoms with van der Waals surface area (Å²) in [6, 6.07) is 11.9. The van der Waals surface area contributed by atoms with E-state index in [2.05, 4.69) is 11.2 Å². The van der Waals surface area contributed by atoms with Gasteiger partial charge in [0.25, 0.3) is 0 Å². The van der Waals surface area contributed by atoms with Gasteiger partial charge in [0.15, 0.2) is 0 Å². The molecule has 2 heterocycles. The maximum atomic E-state index is 12.7. The predicted octanol–water partition coefficient (Wildman–Crippen LogP) is 3.32. The number of hydrogen-bond acceptors (Lipinski definition) is 4. The molecule has 0 spiro atoms. The molecule has 1 amide bonds. The highest BCUT2D eigenvalue weighted by Gasteiger charge is 2.28. The van der Waals surface area contributed by atoms with Crippen LogP contribution in [0.15, 0.2) is 30.3 Å². The number of amides is 1. The monoisotopic (exact) mass is 394 g/mol. The van der Waals surface area contributed by atoms with Crippen molar-refractivity contribution in [3.8, 4) is 6.07 Å². The van der Waals surface area contributed by atoms with Gasteiger partial charge in [0.05, 0.1) is 30.8 Å². The number of benzene rings is 1. The van der Waals surface area contributed by atoms with Crippen LogP contribution in [-0.2, 0) is 17.8 Å². The number of piperidine rings is 1. The summed E-state index contributed by atoms with van der Waals surface area (Å²) in [5.41, 5.74) is 4.07. The van der Waals surface area contributed by atoms with Crippen molar-refractivity contribution in [3.05, 3.63) is 52.8 Å². The Balaban J connectivity index is 1.50. The van der Waals surface area contributed by atoms with E-state index in [-0.39, 0.29) is 11.8 Å². The van der Waals surface area contributed by atoms with Gasteiger partial charge in [-0.3, -0.25) is 9.48 Å².